The van der Waals surface area contributed by atoms with Gasteiger partial charge in [0.2, 0.25) is 5.91 Å². The Bertz CT molecular complexity index is 598. The minimum Gasteiger partial charge on any atom is -0.341 e. The fraction of sp³-hybridized carbons (Fsp3) is 0.579. The number of carbonyl (C=O) groups excluding carboxylic acids is 2. The van der Waals surface area contributed by atoms with Crippen molar-refractivity contribution in [1.82, 2.24) is 15.1 Å². The predicted molar refractivity (Wildman–Crippen MR) is 106 cm³/mol. The lowest BCUT2D eigenvalue weighted by Gasteiger charge is -2.38. The van der Waals surface area contributed by atoms with E-state index in [1.54, 1.807) is 4.90 Å². The summed E-state index contributed by atoms with van der Waals surface area (Å²) in [4.78, 5) is 29.1. The zero-order valence-corrected chi connectivity index (χ0v) is 16.1. The number of hydrogen-bond donors (Lipinski definition) is 2. The quantitative estimate of drug-likeness (QED) is 0.847. The maximum absolute atomic E-state index is 12.9. The Labute approximate surface area is 161 Å². The Morgan fingerprint density at radius 2 is 1.69 bits per heavy atom. The molecular formula is C19H29ClN4O2. The van der Waals surface area contributed by atoms with Crippen LogP contribution in [0.15, 0.2) is 30.3 Å². The molecule has 0 spiro atoms. The highest BCUT2D eigenvalue weighted by Crippen LogP contribution is 2.22. The molecular weight excluding hydrogens is 352 g/mol. The van der Waals surface area contributed by atoms with E-state index < -0.39 is 0 Å². The first-order valence-corrected chi connectivity index (χ1v) is 9.24. The third-order valence-electron chi connectivity index (χ3n) is 5.22. The Morgan fingerprint density at radius 3 is 2.42 bits per heavy atom. The summed E-state index contributed by atoms with van der Waals surface area (Å²) in [5.74, 6) is 0.128. The second kappa shape index (κ2) is 9.78. The number of hydrogen-bond acceptors (Lipinski definition) is 3. The van der Waals surface area contributed by atoms with Crippen molar-refractivity contribution in [3.05, 3.63) is 30.3 Å². The number of piperidine rings is 2. The smallest absolute Gasteiger partial charge is 0.321 e. The first kappa shape index (κ1) is 20.5. The van der Waals surface area contributed by atoms with Gasteiger partial charge < -0.3 is 20.4 Å². The van der Waals surface area contributed by atoms with E-state index in [-0.39, 0.29) is 30.3 Å². The van der Waals surface area contributed by atoms with Gasteiger partial charge in [-0.25, -0.2) is 4.79 Å². The molecule has 0 aliphatic carbocycles. The van der Waals surface area contributed by atoms with E-state index in [0.717, 1.165) is 44.5 Å². The van der Waals surface area contributed by atoms with Gasteiger partial charge in [-0.15, -0.1) is 12.4 Å². The van der Waals surface area contributed by atoms with Crippen LogP contribution < -0.4 is 10.6 Å². The summed E-state index contributed by atoms with van der Waals surface area (Å²) in [7, 11) is 1.95. The molecule has 0 aromatic heterocycles. The molecule has 6 nitrogen and oxygen atoms in total. The van der Waals surface area contributed by atoms with E-state index >= 15 is 0 Å². The highest BCUT2D eigenvalue weighted by molar-refractivity contribution is 5.90. The molecule has 1 aromatic carbocycles. The molecule has 0 radical (unpaired) electrons. The van der Waals surface area contributed by atoms with E-state index in [1.165, 1.54) is 0 Å². The Kier molecular flexibility index (Phi) is 7.72. The van der Waals surface area contributed by atoms with Gasteiger partial charge in [0.1, 0.15) is 0 Å². The van der Waals surface area contributed by atoms with Gasteiger partial charge in [-0.3, -0.25) is 4.79 Å². The van der Waals surface area contributed by atoms with E-state index in [1.807, 2.05) is 42.3 Å². The van der Waals surface area contributed by atoms with E-state index in [9.17, 15) is 9.59 Å². The number of para-hydroxylation sites is 1. The third kappa shape index (κ3) is 5.11. The van der Waals surface area contributed by atoms with Crippen molar-refractivity contribution in [2.45, 2.75) is 31.7 Å². The number of rotatable bonds is 3. The Hall–Kier alpha value is -1.79. The zero-order valence-electron chi connectivity index (χ0n) is 15.3. The van der Waals surface area contributed by atoms with Gasteiger partial charge in [-0.2, -0.15) is 0 Å². The Balaban J connectivity index is 0.00000243. The van der Waals surface area contributed by atoms with Crippen LogP contribution >= 0.6 is 12.4 Å². The topological polar surface area (TPSA) is 64.7 Å². The maximum Gasteiger partial charge on any atom is 0.321 e. The van der Waals surface area contributed by atoms with Crippen molar-refractivity contribution in [2.24, 2.45) is 5.92 Å². The standard InChI is InChI=1S/C19H28N4O2.ClH/c1-20-17-10-6-11-22(14-17)18(24)15-7-5-12-23(13-15)19(25)21-16-8-3-2-4-9-16;/h2-4,8-9,15,17,20H,5-7,10-14H2,1H3,(H,21,25);1H. The normalized spacial score (nSPS) is 23.1. The predicted octanol–water partition coefficient (Wildman–Crippen LogP) is 2.56. The SMILES string of the molecule is CNC1CCCN(C(=O)C2CCCN(C(=O)Nc3ccccc3)C2)C1.Cl. The third-order valence-corrected chi connectivity index (χ3v) is 5.22. The first-order chi connectivity index (χ1) is 12.2. The van der Waals surface area contributed by atoms with Crippen LogP contribution in [-0.4, -0.2) is 61.0 Å². The first-order valence-electron chi connectivity index (χ1n) is 9.24. The van der Waals surface area contributed by atoms with Crippen molar-refractivity contribution in [3.63, 3.8) is 0 Å². The summed E-state index contributed by atoms with van der Waals surface area (Å²) in [6.07, 6.45) is 3.91. The highest BCUT2D eigenvalue weighted by Gasteiger charge is 2.33. The average Bonchev–Trinajstić information content (AvgIpc) is 2.68. The monoisotopic (exact) mass is 380 g/mol. The molecule has 2 aliphatic heterocycles. The molecule has 1 aromatic rings. The summed E-state index contributed by atoms with van der Waals surface area (Å²) in [5, 5.41) is 6.20. The van der Waals surface area contributed by atoms with Crippen LogP contribution in [0.4, 0.5) is 10.5 Å². The second-order valence-corrected chi connectivity index (χ2v) is 6.99. The maximum atomic E-state index is 12.9. The van der Waals surface area contributed by atoms with Crippen LogP contribution in [0.25, 0.3) is 0 Å². The molecule has 0 saturated carbocycles. The van der Waals surface area contributed by atoms with Crippen LogP contribution in [0, 0.1) is 5.92 Å². The van der Waals surface area contributed by atoms with Crippen molar-refractivity contribution in [3.8, 4) is 0 Å². The largest absolute Gasteiger partial charge is 0.341 e. The number of nitrogens with one attached hydrogen (secondary N) is 2. The number of nitrogens with zero attached hydrogens (tertiary/aromatic N) is 2. The molecule has 3 amide bonds. The van der Waals surface area contributed by atoms with Crippen LogP contribution in [0.5, 0.6) is 0 Å². The molecule has 2 saturated heterocycles. The molecule has 2 atom stereocenters. The van der Waals surface area contributed by atoms with Crippen LogP contribution in [0.1, 0.15) is 25.7 Å². The molecule has 3 rings (SSSR count). The second-order valence-electron chi connectivity index (χ2n) is 6.99. The molecule has 2 N–H and O–H groups in total. The van der Waals surface area contributed by atoms with Gasteiger partial charge in [-0.1, -0.05) is 18.2 Å². The van der Waals surface area contributed by atoms with Crippen molar-refractivity contribution in [2.75, 3.05) is 38.5 Å². The number of amides is 3. The summed E-state index contributed by atoms with van der Waals surface area (Å²) in [6.45, 7) is 2.84. The van der Waals surface area contributed by atoms with E-state index in [0.29, 0.717) is 19.1 Å². The summed E-state index contributed by atoms with van der Waals surface area (Å²) >= 11 is 0. The molecule has 2 unspecified atom stereocenters. The van der Waals surface area contributed by atoms with Gasteiger partial charge in [-0.05, 0) is 44.9 Å². The van der Waals surface area contributed by atoms with Crippen molar-refractivity contribution in [1.29, 1.82) is 0 Å². The number of anilines is 1. The van der Waals surface area contributed by atoms with Gasteiger partial charge in [0, 0.05) is 37.9 Å². The molecule has 144 valence electrons. The summed E-state index contributed by atoms with van der Waals surface area (Å²) in [5.41, 5.74) is 0.786. The van der Waals surface area contributed by atoms with Crippen LogP contribution in [0.3, 0.4) is 0 Å². The summed E-state index contributed by atoms with van der Waals surface area (Å²) in [6, 6.07) is 9.72. The lowest BCUT2D eigenvalue weighted by molar-refractivity contribution is -0.138. The van der Waals surface area contributed by atoms with E-state index in [4.69, 9.17) is 0 Å². The molecule has 0 bridgehead atoms. The minimum absolute atomic E-state index is 0. The van der Waals surface area contributed by atoms with Gasteiger partial charge in [0.05, 0.1) is 5.92 Å². The fourth-order valence-corrected chi connectivity index (χ4v) is 3.76. The number of urea groups is 1. The Morgan fingerprint density at radius 1 is 1.00 bits per heavy atom. The molecule has 7 heteroatoms. The lowest BCUT2D eigenvalue weighted by atomic mass is 9.95. The zero-order chi connectivity index (χ0) is 17.6. The number of likely N-dealkylation sites (N-methyl/N-ethyl adjacent to an activating group) is 1. The molecule has 2 heterocycles. The molecule has 2 aliphatic rings. The number of benzene rings is 1. The van der Waals surface area contributed by atoms with Crippen LogP contribution in [-0.2, 0) is 4.79 Å². The number of carbonyl (C=O) groups is 2. The average molecular weight is 381 g/mol. The van der Waals surface area contributed by atoms with E-state index in [2.05, 4.69) is 10.6 Å². The highest BCUT2D eigenvalue weighted by atomic mass is 35.5. The number of halogens is 1. The minimum atomic E-state index is -0.115. The van der Waals surface area contributed by atoms with Crippen LogP contribution in [0.2, 0.25) is 0 Å². The van der Waals surface area contributed by atoms with Gasteiger partial charge in [0.15, 0.2) is 0 Å². The summed E-state index contributed by atoms with van der Waals surface area (Å²) < 4.78 is 0. The lowest BCUT2D eigenvalue weighted by Crippen LogP contribution is -2.52. The van der Waals surface area contributed by atoms with Gasteiger partial charge in [0.25, 0.3) is 0 Å². The molecule has 2 fully saturated rings. The van der Waals surface area contributed by atoms with Crippen molar-refractivity contribution >= 4 is 30.0 Å². The number of likely N-dealkylation sites (tertiary alicyclic amines) is 2. The fourth-order valence-electron chi connectivity index (χ4n) is 3.76. The molecule has 26 heavy (non-hydrogen) atoms. The van der Waals surface area contributed by atoms with Crippen molar-refractivity contribution < 1.29 is 9.59 Å². The van der Waals surface area contributed by atoms with Gasteiger partial charge >= 0.3 is 6.03 Å².